The first-order valence-corrected chi connectivity index (χ1v) is 6.68. The lowest BCUT2D eigenvalue weighted by Crippen LogP contribution is -2.45. The molecule has 1 saturated heterocycles. The van der Waals surface area contributed by atoms with Gasteiger partial charge in [0.05, 0.1) is 26.0 Å². The van der Waals surface area contributed by atoms with Crippen LogP contribution in [0.4, 0.5) is 5.69 Å². The summed E-state index contributed by atoms with van der Waals surface area (Å²) in [7, 11) is 1.58. The number of methoxy groups -OCH3 is 1. The molecule has 1 aliphatic heterocycles. The molecule has 6 heteroatoms. The van der Waals surface area contributed by atoms with E-state index >= 15 is 0 Å². The normalized spacial score (nSPS) is 18.4. The zero-order valence-electron chi connectivity index (χ0n) is 11.8. The Morgan fingerprint density at radius 2 is 2.40 bits per heavy atom. The lowest BCUT2D eigenvalue weighted by Gasteiger charge is -2.23. The first kappa shape index (κ1) is 14.6. The number of morpholine rings is 1. The Kier molecular flexibility index (Phi) is 5.20. The van der Waals surface area contributed by atoms with E-state index in [2.05, 4.69) is 10.6 Å². The number of carbonyl (C=O) groups is 1. The summed E-state index contributed by atoms with van der Waals surface area (Å²) < 4.78 is 16.1. The number of benzene rings is 1. The summed E-state index contributed by atoms with van der Waals surface area (Å²) in [6, 6.07) is 5.30. The molecule has 1 fully saturated rings. The Bertz CT molecular complexity index is 458. The second-order valence-electron chi connectivity index (χ2n) is 4.35. The van der Waals surface area contributed by atoms with Gasteiger partial charge in [0.15, 0.2) is 0 Å². The second kappa shape index (κ2) is 7.12. The van der Waals surface area contributed by atoms with Gasteiger partial charge < -0.3 is 24.8 Å². The maximum Gasteiger partial charge on any atom is 0.254 e. The molecule has 20 heavy (non-hydrogen) atoms. The summed E-state index contributed by atoms with van der Waals surface area (Å²) in [6.45, 7) is 4.24. The zero-order valence-corrected chi connectivity index (χ0v) is 11.8. The van der Waals surface area contributed by atoms with Crippen molar-refractivity contribution in [2.45, 2.75) is 13.0 Å². The molecule has 110 valence electrons. The van der Waals surface area contributed by atoms with Crippen LogP contribution in [-0.2, 0) is 9.53 Å². The number of amides is 1. The number of ether oxygens (including phenoxy) is 3. The molecule has 1 heterocycles. The van der Waals surface area contributed by atoms with Crippen molar-refractivity contribution < 1.29 is 19.0 Å². The number of hydrogen-bond donors (Lipinski definition) is 2. The average molecular weight is 280 g/mol. The first-order chi connectivity index (χ1) is 9.74. The molecule has 2 rings (SSSR count). The van der Waals surface area contributed by atoms with Gasteiger partial charge in [0.2, 0.25) is 0 Å². The van der Waals surface area contributed by atoms with Crippen molar-refractivity contribution in [1.29, 1.82) is 0 Å². The summed E-state index contributed by atoms with van der Waals surface area (Å²) >= 11 is 0. The molecule has 1 atom stereocenters. The minimum atomic E-state index is -0.482. The monoisotopic (exact) mass is 280 g/mol. The maximum atomic E-state index is 12.2. The topological polar surface area (TPSA) is 68.8 Å². The molecule has 1 amide bonds. The Labute approximate surface area is 118 Å². The lowest BCUT2D eigenvalue weighted by molar-refractivity contribution is -0.128. The van der Waals surface area contributed by atoms with E-state index < -0.39 is 6.10 Å². The SMILES string of the molecule is CCOc1ccc(OC)cc1NC(=O)C1CNCCO1. The van der Waals surface area contributed by atoms with Crippen LogP contribution in [0, 0.1) is 0 Å². The Morgan fingerprint density at radius 1 is 1.55 bits per heavy atom. The van der Waals surface area contributed by atoms with E-state index in [9.17, 15) is 4.79 Å². The van der Waals surface area contributed by atoms with Crippen molar-refractivity contribution in [3.8, 4) is 11.5 Å². The molecular weight excluding hydrogens is 260 g/mol. The molecule has 6 nitrogen and oxygen atoms in total. The highest BCUT2D eigenvalue weighted by Crippen LogP contribution is 2.29. The van der Waals surface area contributed by atoms with Crippen LogP contribution in [-0.4, -0.2) is 45.4 Å². The fourth-order valence-corrected chi connectivity index (χ4v) is 1.96. The fourth-order valence-electron chi connectivity index (χ4n) is 1.96. The van der Waals surface area contributed by atoms with Crippen LogP contribution < -0.4 is 20.1 Å². The third kappa shape index (κ3) is 3.61. The number of rotatable bonds is 5. The van der Waals surface area contributed by atoms with Crippen LogP contribution in [0.2, 0.25) is 0 Å². The molecule has 1 aromatic rings. The third-order valence-corrected chi connectivity index (χ3v) is 2.96. The third-order valence-electron chi connectivity index (χ3n) is 2.96. The predicted octanol–water partition coefficient (Wildman–Crippen LogP) is 1.02. The van der Waals surface area contributed by atoms with E-state index in [1.54, 1.807) is 25.3 Å². The van der Waals surface area contributed by atoms with Gasteiger partial charge in [-0.3, -0.25) is 4.79 Å². The van der Waals surface area contributed by atoms with Crippen LogP contribution >= 0.6 is 0 Å². The van der Waals surface area contributed by atoms with Crippen molar-refractivity contribution in [1.82, 2.24) is 5.32 Å². The van der Waals surface area contributed by atoms with Crippen molar-refractivity contribution in [2.24, 2.45) is 0 Å². The largest absolute Gasteiger partial charge is 0.497 e. The van der Waals surface area contributed by atoms with Gasteiger partial charge in [-0.15, -0.1) is 0 Å². The van der Waals surface area contributed by atoms with Gasteiger partial charge in [0.1, 0.15) is 17.6 Å². The highest BCUT2D eigenvalue weighted by molar-refractivity contribution is 5.96. The summed E-state index contributed by atoms with van der Waals surface area (Å²) in [4.78, 5) is 12.2. The Hall–Kier alpha value is -1.79. The molecule has 0 bridgehead atoms. The van der Waals surface area contributed by atoms with Crippen LogP contribution in [0.15, 0.2) is 18.2 Å². The second-order valence-corrected chi connectivity index (χ2v) is 4.35. The van der Waals surface area contributed by atoms with Crippen LogP contribution in [0.1, 0.15) is 6.92 Å². The van der Waals surface area contributed by atoms with Crippen molar-refractivity contribution in [2.75, 3.05) is 38.7 Å². The number of nitrogens with one attached hydrogen (secondary N) is 2. The minimum Gasteiger partial charge on any atom is -0.497 e. The van der Waals surface area contributed by atoms with E-state index in [4.69, 9.17) is 14.2 Å². The predicted molar refractivity (Wildman–Crippen MR) is 75.4 cm³/mol. The molecule has 2 N–H and O–H groups in total. The minimum absolute atomic E-state index is 0.189. The number of anilines is 1. The highest BCUT2D eigenvalue weighted by atomic mass is 16.5. The van der Waals surface area contributed by atoms with Gasteiger partial charge >= 0.3 is 0 Å². The summed E-state index contributed by atoms with van der Waals surface area (Å²) in [5.41, 5.74) is 0.588. The van der Waals surface area contributed by atoms with Crippen molar-refractivity contribution in [3.05, 3.63) is 18.2 Å². The molecular formula is C14H20N2O4. The fraction of sp³-hybridized carbons (Fsp3) is 0.500. The summed E-state index contributed by atoms with van der Waals surface area (Å²) in [6.07, 6.45) is -0.482. The maximum absolute atomic E-state index is 12.2. The Balaban J connectivity index is 2.11. The van der Waals surface area contributed by atoms with Crippen LogP contribution in [0.3, 0.4) is 0 Å². The van der Waals surface area contributed by atoms with E-state index in [0.717, 1.165) is 6.54 Å². The van der Waals surface area contributed by atoms with Crippen molar-refractivity contribution >= 4 is 11.6 Å². The van der Waals surface area contributed by atoms with Gasteiger partial charge in [-0.05, 0) is 19.1 Å². The van der Waals surface area contributed by atoms with E-state index in [0.29, 0.717) is 36.9 Å². The standard InChI is InChI=1S/C14H20N2O4/c1-3-19-12-5-4-10(18-2)8-11(12)16-14(17)13-9-15-6-7-20-13/h4-5,8,13,15H,3,6-7,9H2,1-2H3,(H,16,17). The first-order valence-electron chi connectivity index (χ1n) is 6.68. The van der Waals surface area contributed by atoms with Gasteiger partial charge in [0, 0.05) is 19.2 Å². The molecule has 0 spiro atoms. The van der Waals surface area contributed by atoms with E-state index in [1.165, 1.54) is 0 Å². The molecule has 0 radical (unpaired) electrons. The van der Waals surface area contributed by atoms with Crippen molar-refractivity contribution in [3.63, 3.8) is 0 Å². The Morgan fingerprint density at radius 3 is 3.05 bits per heavy atom. The molecule has 0 aliphatic carbocycles. The molecule has 1 aromatic carbocycles. The van der Waals surface area contributed by atoms with E-state index in [1.807, 2.05) is 6.92 Å². The number of carbonyl (C=O) groups excluding carboxylic acids is 1. The lowest BCUT2D eigenvalue weighted by atomic mass is 10.2. The number of hydrogen-bond acceptors (Lipinski definition) is 5. The smallest absolute Gasteiger partial charge is 0.254 e. The van der Waals surface area contributed by atoms with Gasteiger partial charge in [0.25, 0.3) is 5.91 Å². The highest BCUT2D eigenvalue weighted by Gasteiger charge is 2.22. The van der Waals surface area contributed by atoms with Gasteiger partial charge in [-0.1, -0.05) is 0 Å². The van der Waals surface area contributed by atoms with Gasteiger partial charge in [-0.25, -0.2) is 0 Å². The van der Waals surface area contributed by atoms with Crippen LogP contribution in [0.25, 0.3) is 0 Å². The summed E-state index contributed by atoms with van der Waals surface area (Å²) in [5.74, 6) is 1.09. The van der Waals surface area contributed by atoms with E-state index in [-0.39, 0.29) is 5.91 Å². The molecule has 0 saturated carbocycles. The average Bonchev–Trinajstić information content (AvgIpc) is 2.50. The zero-order chi connectivity index (χ0) is 14.4. The van der Waals surface area contributed by atoms with Crippen LogP contribution in [0.5, 0.6) is 11.5 Å². The summed E-state index contributed by atoms with van der Waals surface area (Å²) in [5, 5.41) is 5.95. The molecule has 1 aliphatic rings. The molecule has 0 aromatic heterocycles. The quantitative estimate of drug-likeness (QED) is 0.843. The van der Waals surface area contributed by atoms with Gasteiger partial charge in [-0.2, -0.15) is 0 Å². The molecule has 1 unspecified atom stereocenters.